The van der Waals surface area contributed by atoms with Gasteiger partial charge in [0.05, 0.1) is 18.5 Å². The molecule has 304 valence electrons. The van der Waals surface area contributed by atoms with E-state index >= 15 is 0 Å². The molecule has 0 bridgehead atoms. The van der Waals surface area contributed by atoms with Gasteiger partial charge in [0, 0.05) is 25.9 Å². The maximum atomic E-state index is 13.9. The Morgan fingerprint density at radius 2 is 1.07 bits per heavy atom. The van der Waals surface area contributed by atoms with Crippen LogP contribution in [0.4, 0.5) is 0 Å². The van der Waals surface area contributed by atoms with E-state index in [0.717, 1.165) is 0 Å². The SMILES string of the molecule is CC(C)C[C@H](NC(=O)[C@H](CCCN=C(N)N)NC(=O)[C@H](CCCN=C(N)N)NC(=O)[C@H](CO)N1C(=O)CCC1=O)C(=O)N[C@@H](CC(C)C)C(=O)C(=O)CCl. The molecule has 5 atom stereocenters. The topological polar surface area (TPSA) is 337 Å². The molecular weight excluding hydrogens is 730 g/mol. The van der Waals surface area contributed by atoms with E-state index in [0.29, 0.717) is 4.90 Å². The number of carbonyl (C=O) groups is 8. The molecule has 6 amide bonds. The summed E-state index contributed by atoms with van der Waals surface area (Å²) in [6, 6.07) is -6.71. The van der Waals surface area contributed by atoms with Gasteiger partial charge in [0.1, 0.15) is 24.2 Å². The highest BCUT2D eigenvalue weighted by molar-refractivity contribution is 6.48. The van der Waals surface area contributed by atoms with E-state index in [2.05, 4.69) is 31.3 Å². The van der Waals surface area contributed by atoms with Crippen molar-refractivity contribution in [3.05, 3.63) is 0 Å². The van der Waals surface area contributed by atoms with Gasteiger partial charge in [-0.15, -0.1) is 11.6 Å². The number of carbonyl (C=O) groups excluding carboxylic acids is 8. The zero-order chi connectivity index (χ0) is 41.1. The fourth-order valence-corrected chi connectivity index (χ4v) is 5.65. The maximum absolute atomic E-state index is 13.9. The normalized spacial score (nSPS) is 15.4. The number of aliphatic imine (C=N–C) groups is 2. The van der Waals surface area contributed by atoms with E-state index < -0.39 is 89.7 Å². The number of alkyl halides is 1. The van der Waals surface area contributed by atoms with Crippen molar-refractivity contribution < 1.29 is 43.5 Å². The van der Waals surface area contributed by atoms with Gasteiger partial charge in [0.2, 0.25) is 47.0 Å². The Hall–Kier alpha value is -4.85. The molecule has 21 heteroatoms. The second-order valence-corrected chi connectivity index (χ2v) is 13.9. The van der Waals surface area contributed by atoms with Crippen LogP contribution in [0.1, 0.15) is 79.1 Å². The average Bonchev–Trinajstić information content (AvgIpc) is 3.42. The predicted molar refractivity (Wildman–Crippen MR) is 199 cm³/mol. The lowest BCUT2D eigenvalue weighted by Gasteiger charge is -2.28. The van der Waals surface area contributed by atoms with Crippen molar-refractivity contribution >= 4 is 70.5 Å². The molecule has 1 aliphatic rings. The molecule has 0 aliphatic carbocycles. The summed E-state index contributed by atoms with van der Waals surface area (Å²) in [5, 5.41) is 20.2. The molecule has 1 saturated heterocycles. The van der Waals surface area contributed by atoms with Gasteiger partial charge in [-0.3, -0.25) is 53.2 Å². The van der Waals surface area contributed by atoms with Crippen molar-refractivity contribution in [3.63, 3.8) is 0 Å². The number of halogens is 1. The summed E-state index contributed by atoms with van der Waals surface area (Å²) in [6.45, 7) is 6.41. The van der Waals surface area contributed by atoms with Gasteiger partial charge < -0.3 is 49.3 Å². The summed E-state index contributed by atoms with van der Waals surface area (Å²) in [4.78, 5) is 112. The van der Waals surface area contributed by atoms with E-state index in [4.69, 9.17) is 34.5 Å². The van der Waals surface area contributed by atoms with Gasteiger partial charge in [0.25, 0.3) is 0 Å². The lowest BCUT2D eigenvalue weighted by atomic mass is 9.96. The van der Waals surface area contributed by atoms with Crippen LogP contribution in [0.15, 0.2) is 9.98 Å². The minimum absolute atomic E-state index is 0.0478. The third-order valence-electron chi connectivity index (χ3n) is 8.11. The number of hydrogen-bond donors (Lipinski definition) is 9. The first-order chi connectivity index (χ1) is 25.3. The summed E-state index contributed by atoms with van der Waals surface area (Å²) < 4.78 is 0. The molecule has 1 fully saturated rings. The second-order valence-electron chi connectivity index (χ2n) is 13.7. The van der Waals surface area contributed by atoms with Crippen LogP contribution in [0.2, 0.25) is 0 Å². The molecule has 13 N–H and O–H groups in total. The summed E-state index contributed by atoms with van der Waals surface area (Å²) in [5.74, 6) is -7.70. The first-order valence-electron chi connectivity index (χ1n) is 17.7. The molecule has 0 saturated carbocycles. The minimum atomic E-state index is -1.61. The standard InChI is InChI=1S/C33H56ClN11O9/c1-17(2)13-21(27(50)24(47)15-34)43-30(53)22(14-18(3)4)44-29(52)19(7-5-11-39-32(35)36)41-28(51)20(8-6-12-40-33(37)38)42-31(54)23(16-46)45-25(48)9-10-26(45)49/h17-23,46H,5-16H2,1-4H3,(H,41,51)(H,42,54)(H,43,53)(H,44,52)(H4,35,36,39)(H4,37,38,40)/t19-,20-,21-,22-,23-/m0/s1. The molecule has 0 aromatic carbocycles. The molecule has 20 nitrogen and oxygen atoms in total. The lowest BCUT2D eigenvalue weighted by molar-refractivity contribution is -0.148. The highest BCUT2D eigenvalue weighted by atomic mass is 35.5. The number of ketones is 2. The number of amides is 6. The Morgan fingerprint density at radius 3 is 1.48 bits per heavy atom. The smallest absolute Gasteiger partial charge is 0.246 e. The van der Waals surface area contributed by atoms with E-state index in [9.17, 15) is 43.5 Å². The molecule has 54 heavy (non-hydrogen) atoms. The Balaban J connectivity index is 3.41. The summed E-state index contributed by atoms with van der Waals surface area (Å²) in [7, 11) is 0. The van der Waals surface area contributed by atoms with E-state index in [1.807, 2.05) is 0 Å². The minimum Gasteiger partial charge on any atom is -0.394 e. The van der Waals surface area contributed by atoms with Crippen molar-refractivity contribution in [2.24, 2.45) is 44.8 Å². The first kappa shape index (κ1) is 47.2. The zero-order valence-corrected chi connectivity index (χ0v) is 32.0. The van der Waals surface area contributed by atoms with Crippen LogP contribution in [0, 0.1) is 11.8 Å². The Kier molecular flexibility index (Phi) is 20.7. The van der Waals surface area contributed by atoms with Crippen LogP contribution in [0.3, 0.4) is 0 Å². The number of aliphatic hydroxyl groups is 1. The van der Waals surface area contributed by atoms with Crippen LogP contribution in [0.5, 0.6) is 0 Å². The molecular formula is C33H56ClN11O9. The monoisotopic (exact) mass is 785 g/mol. The molecule has 0 unspecified atom stereocenters. The van der Waals surface area contributed by atoms with Crippen LogP contribution in [-0.4, -0.2) is 125 Å². The van der Waals surface area contributed by atoms with Crippen molar-refractivity contribution in [2.75, 3.05) is 25.6 Å². The highest BCUT2D eigenvalue weighted by Crippen LogP contribution is 2.16. The molecule has 1 rings (SSSR count). The van der Waals surface area contributed by atoms with Crippen molar-refractivity contribution in [2.45, 2.75) is 109 Å². The van der Waals surface area contributed by atoms with Crippen LogP contribution < -0.4 is 44.2 Å². The molecule has 0 spiro atoms. The summed E-state index contributed by atoms with van der Waals surface area (Å²) in [6.07, 6.45) is 0.160. The molecule has 0 aromatic heterocycles. The lowest BCUT2D eigenvalue weighted by Crippen LogP contribution is -2.59. The van der Waals surface area contributed by atoms with Gasteiger partial charge in [-0.25, -0.2) is 0 Å². The average molecular weight is 786 g/mol. The number of likely N-dealkylation sites (tertiary alicyclic amines) is 1. The van der Waals surface area contributed by atoms with Crippen LogP contribution in [0.25, 0.3) is 0 Å². The number of nitrogens with one attached hydrogen (secondary N) is 4. The van der Waals surface area contributed by atoms with Crippen molar-refractivity contribution in [1.29, 1.82) is 0 Å². The fraction of sp³-hybridized carbons (Fsp3) is 0.697. The largest absolute Gasteiger partial charge is 0.394 e. The number of rotatable bonds is 25. The van der Waals surface area contributed by atoms with Gasteiger partial charge in [-0.1, -0.05) is 27.7 Å². The number of hydrogen-bond acceptors (Lipinski definition) is 11. The predicted octanol–water partition coefficient (Wildman–Crippen LogP) is -2.99. The summed E-state index contributed by atoms with van der Waals surface area (Å²) >= 11 is 5.60. The molecule has 0 radical (unpaired) electrons. The first-order valence-corrected chi connectivity index (χ1v) is 18.3. The number of imide groups is 1. The third-order valence-corrected chi connectivity index (χ3v) is 8.35. The Labute approximate surface area is 319 Å². The van der Waals surface area contributed by atoms with E-state index in [1.165, 1.54) is 0 Å². The number of Topliss-reactive ketones (excluding diaryl/α,β-unsaturated/α-hetero) is 2. The number of nitrogens with two attached hydrogens (primary N) is 4. The quantitative estimate of drug-likeness (QED) is 0.0112. The van der Waals surface area contributed by atoms with Crippen molar-refractivity contribution in [3.8, 4) is 0 Å². The summed E-state index contributed by atoms with van der Waals surface area (Å²) in [5.41, 5.74) is 21.7. The van der Waals surface area contributed by atoms with Crippen molar-refractivity contribution in [1.82, 2.24) is 26.2 Å². The van der Waals surface area contributed by atoms with Gasteiger partial charge in [-0.2, -0.15) is 0 Å². The second kappa shape index (κ2) is 23.7. The third kappa shape index (κ3) is 16.4. The Morgan fingerprint density at radius 1 is 0.685 bits per heavy atom. The maximum Gasteiger partial charge on any atom is 0.246 e. The van der Waals surface area contributed by atoms with Crippen LogP contribution in [-0.2, 0) is 38.4 Å². The Bertz CT molecular complexity index is 1400. The van der Waals surface area contributed by atoms with E-state index in [-0.39, 0.29) is 88.2 Å². The molecule has 1 heterocycles. The van der Waals surface area contributed by atoms with Gasteiger partial charge in [-0.05, 0) is 50.4 Å². The number of aliphatic hydroxyl groups excluding tert-OH is 1. The van der Waals surface area contributed by atoms with Gasteiger partial charge >= 0.3 is 0 Å². The zero-order valence-electron chi connectivity index (χ0n) is 31.3. The fourth-order valence-electron chi connectivity index (χ4n) is 5.52. The number of guanidine groups is 2. The van der Waals surface area contributed by atoms with Crippen LogP contribution >= 0.6 is 11.6 Å². The molecule has 0 aromatic rings. The van der Waals surface area contributed by atoms with Gasteiger partial charge in [0.15, 0.2) is 11.9 Å². The molecule has 1 aliphatic heterocycles. The number of nitrogens with zero attached hydrogens (tertiary/aromatic N) is 3. The highest BCUT2D eigenvalue weighted by Gasteiger charge is 2.40. The van der Waals surface area contributed by atoms with E-state index in [1.54, 1.807) is 27.7 Å².